The molecule has 0 spiro atoms. The number of carboxylic acid groups (broad SMARTS) is 1. The molecule has 8 heteroatoms. The van der Waals surface area contributed by atoms with Gasteiger partial charge in [0.15, 0.2) is 6.10 Å². The number of carbonyl (C=O) groups is 2. The van der Waals surface area contributed by atoms with Crippen molar-refractivity contribution in [3.05, 3.63) is 108 Å². The molecular formula is C33H35FN2O5. The summed E-state index contributed by atoms with van der Waals surface area (Å²) in [5.41, 5.74) is 4.52. The van der Waals surface area contributed by atoms with Crippen molar-refractivity contribution in [3.63, 3.8) is 0 Å². The average molecular weight is 559 g/mol. The van der Waals surface area contributed by atoms with Gasteiger partial charge in [-0.1, -0.05) is 44.2 Å². The van der Waals surface area contributed by atoms with Gasteiger partial charge in [-0.05, 0) is 78.6 Å². The van der Waals surface area contributed by atoms with Crippen molar-refractivity contribution >= 4 is 17.6 Å². The van der Waals surface area contributed by atoms with Crippen LogP contribution in [0.25, 0.3) is 11.3 Å². The van der Waals surface area contributed by atoms with E-state index in [1.165, 1.54) is 12.1 Å². The van der Waals surface area contributed by atoms with Gasteiger partial charge in [0, 0.05) is 30.1 Å². The molecule has 0 fully saturated rings. The summed E-state index contributed by atoms with van der Waals surface area (Å²) in [6, 6.07) is 24.6. The molecule has 0 saturated carbocycles. The van der Waals surface area contributed by atoms with Crippen LogP contribution in [0.4, 0.5) is 10.1 Å². The highest BCUT2D eigenvalue weighted by atomic mass is 19.1. The molecule has 1 amide bonds. The first-order valence-corrected chi connectivity index (χ1v) is 13.7. The number of carboxylic acids is 1. The van der Waals surface area contributed by atoms with E-state index in [0.29, 0.717) is 36.8 Å². The van der Waals surface area contributed by atoms with E-state index in [4.69, 9.17) is 9.47 Å². The van der Waals surface area contributed by atoms with Gasteiger partial charge in [-0.15, -0.1) is 0 Å². The number of rotatable bonds is 13. The second-order valence-electron chi connectivity index (χ2n) is 9.94. The molecule has 41 heavy (non-hydrogen) atoms. The van der Waals surface area contributed by atoms with E-state index in [-0.39, 0.29) is 24.1 Å². The standard InChI is InChI=1S/C33H35FN2O5/c1-4-40-30(33(38)39)20-23-10-16-27(17-11-23)41-19-18-36-29(24-12-14-25(34)15-13-24)21-28(31(36)22(2)3)32(37)35-26-8-6-5-7-9-26/h5-17,21-22,30H,4,18-20H2,1-3H3,(H,35,37)(H,38,39). The van der Waals surface area contributed by atoms with Gasteiger partial charge in [0.2, 0.25) is 0 Å². The number of ether oxygens (including phenoxy) is 2. The van der Waals surface area contributed by atoms with E-state index in [1.807, 2.05) is 62.4 Å². The summed E-state index contributed by atoms with van der Waals surface area (Å²) in [4.78, 5) is 24.8. The summed E-state index contributed by atoms with van der Waals surface area (Å²) in [7, 11) is 0. The number of anilines is 1. The van der Waals surface area contributed by atoms with Gasteiger partial charge in [0.05, 0.1) is 12.1 Å². The van der Waals surface area contributed by atoms with Crippen LogP contribution in [0.1, 0.15) is 48.3 Å². The number of carbonyl (C=O) groups excluding carboxylic acids is 1. The first-order chi connectivity index (χ1) is 19.8. The van der Waals surface area contributed by atoms with Crippen LogP contribution < -0.4 is 10.1 Å². The van der Waals surface area contributed by atoms with Crippen LogP contribution in [-0.2, 0) is 22.5 Å². The Labute approximate surface area is 239 Å². The molecule has 3 aromatic carbocycles. The molecule has 1 atom stereocenters. The Morgan fingerprint density at radius 2 is 1.66 bits per heavy atom. The van der Waals surface area contributed by atoms with E-state index < -0.39 is 12.1 Å². The third-order valence-corrected chi connectivity index (χ3v) is 6.67. The lowest BCUT2D eigenvalue weighted by molar-refractivity contribution is -0.149. The van der Waals surface area contributed by atoms with Gasteiger partial charge < -0.3 is 24.5 Å². The summed E-state index contributed by atoms with van der Waals surface area (Å²) >= 11 is 0. The quantitative estimate of drug-likeness (QED) is 0.189. The fraction of sp³-hybridized carbons (Fsp3) is 0.273. The molecular weight excluding hydrogens is 523 g/mol. The Kier molecular flexibility index (Phi) is 9.92. The third-order valence-electron chi connectivity index (χ3n) is 6.67. The van der Waals surface area contributed by atoms with Crippen LogP contribution in [0.2, 0.25) is 0 Å². The Morgan fingerprint density at radius 1 is 0.976 bits per heavy atom. The fourth-order valence-electron chi connectivity index (χ4n) is 4.80. The molecule has 1 aromatic heterocycles. The van der Waals surface area contributed by atoms with Gasteiger partial charge in [0.1, 0.15) is 18.2 Å². The minimum Gasteiger partial charge on any atom is -0.492 e. The molecule has 1 unspecified atom stereocenters. The number of para-hydroxylation sites is 1. The number of aliphatic carboxylic acids is 1. The summed E-state index contributed by atoms with van der Waals surface area (Å²) in [6.45, 7) is 6.93. The van der Waals surface area contributed by atoms with Crippen molar-refractivity contribution in [2.24, 2.45) is 0 Å². The van der Waals surface area contributed by atoms with Crippen LogP contribution in [0.15, 0.2) is 84.9 Å². The molecule has 0 aliphatic rings. The van der Waals surface area contributed by atoms with Crippen LogP contribution in [0, 0.1) is 5.82 Å². The minimum absolute atomic E-state index is 0.0209. The number of aromatic nitrogens is 1. The lowest BCUT2D eigenvalue weighted by atomic mass is 10.0. The van der Waals surface area contributed by atoms with Gasteiger partial charge in [-0.3, -0.25) is 4.79 Å². The van der Waals surface area contributed by atoms with Crippen LogP contribution in [0.5, 0.6) is 5.75 Å². The molecule has 1 heterocycles. The highest BCUT2D eigenvalue weighted by molar-refractivity contribution is 6.06. The second-order valence-corrected chi connectivity index (χ2v) is 9.94. The highest BCUT2D eigenvalue weighted by Gasteiger charge is 2.24. The smallest absolute Gasteiger partial charge is 0.333 e. The number of hydrogen-bond donors (Lipinski definition) is 2. The number of hydrogen-bond acceptors (Lipinski definition) is 4. The lowest BCUT2D eigenvalue weighted by Gasteiger charge is -2.18. The Morgan fingerprint density at radius 3 is 2.27 bits per heavy atom. The van der Waals surface area contributed by atoms with E-state index in [2.05, 4.69) is 9.88 Å². The maximum atomic E-state index is 13.7. The molecule has 0 bridgehead atoms. The summed E-state index contributed by atoms with van der Waals surface area (Å²) in [5, 5.41) is 12.3. The van der Waals surface area contributed by atoms with Gasteiger partial charge in [-0.25, -0.2) is 9.18 Å². The first kappa shape index (κ1) is 29.6. The maximum Gasteiger partial charge on any atom is 0.333 e. The molecule has 0 radical (unpaired) electrons. The fourth-order valence-corrected chi connectivity index (χ4v) is 4.80. The van der Waals surface area contributed by atoms with Gasteiger partial charge in [0.25, 0.3) is 5.91 Å². The average Bonchev–Trinajstić information content (AvgIpc) is 3.34. The molecule has 7 nitrogen and oxygen atoms in total. The minimum atomic E-state index is -0.992. The van der Waals surface area contributed by atoms with Gasteiger partial charge in [-0.2, -0.15) is 0 Å². The normalized spacial score (nSPS) is 11.8. The number of nitrogens with zero attached hydrogens (tertiary/aromatic N) is 1. The third kappa shape index (κ3) is 7.61. The van der Waals surface area contributed by atoms with Gasteiger partial charge >= 0.3 is 5.97 Å². The molecule has 214 valence electrons. The first-order valence-electron chi connectivity index (χ1n) is 13.7. The molecule has 0 aliphatic heterocycles. The van der Waals surface area contributed by atoms with E-state index in [9.17, 15) is 19.1 Å². The number of benzene rings is 3. The monoisotopic (exact) mass is 558 g/mol. The van der Waals surface area contributed by atoms with Crippen molar-refractivity contribution < 1.29 is 28.6 Å². The number of nitrogens with one attached hydrogen (secondary N) is 1. The van der Waals surface area contributed by atoms with Crippen LogP contribution in [0.3, 0.4) is 0 Å². The zero-order valence-corrected chi connectivity index (χ0v) is 23.5. The van der Waals surface area contributed by atoms with E-state index in [1.54, 1.807) is 31.2 Å². The Bertz CT molecular complexity index is 1450. The largest absolute Gasteiger partial charge is 0.492 e. The lowest BCUT2D eigenvalue weighted by Crippen LogP contribution is -2.26. The van der Waals surface area contributed by atoms with Crippen molar-refractivity contribution in [1.82, 2.24) is 4.57 Å². The van der Waals surface area contributed by atoms with E-state index >= 15 is 0 Å². The summed E-state index contributed by atoms with van der Waals surface area (Å²) in [6.07, 6.45) is -0.632. The zero-order valence-electron chi connectivity index (χ0n) is 23.5. The SMILES string of the molecule is CCOC(Cc1ccc(OCCn2c(-c3ccc(F)cc3)cc(C(=O)Nc3ccccc3)c2C(C)C)cc1)C(=O)O. The van der Waals surface area contributed by atoms with Crippen molar-refractivity contribution in [1.29, 1.82) is 0 Å². The zero-order chi connectivity index (χ0) is 29.4. The van der Waals surface area contributed by atoms with Crippen molar-refractivity contribution in [2.75, 3.05) is 18.5 Å². The molecule has 4 rings (SSSR count). The Balaban J connectivity index is 1.56. The maximum absolute atomic E-state index is 13.7. The highest BCUT2D eigenvalue weighted by Crippen LogP contribution is 2.32. The summed E-state index contributed by atoms with van der Waals surface area (Å²) in [5.74, 6) is -0.882. The number of halogens is 1. The Hall–Kier alpha value is -4.43. The second kappa shape index (κ2) is 13.8. The van der Waals surface area contributed by atoms with Crippen molar-refractivity contribution in [2.45, 2.75) is 45.8 Å². The summed E-state index contributed by atoms with van der Waals surface area (Å²) < 4.78 is 27.1. The number of amides is 1. The van der Waals surface area contributed by atoms with Crippen LogP contribution >= 0.6 is 0 Å². The van der Waals surface area contributed by atoms with Crippen molar-refractivity contribution in [3.8, 4) is 17.0 Å². The predicted octanol–water partition coefficient (Wildman–Crippen LogP) is 6.78. The molecule has 4 aromatic rings. The molecule has 0 aliphatic carbocycles. The topological polar surface area (TPSA) is 89.8 Å². The predicted molar refractivity (Wildman–Crippen MR) is 157 cm³/mol. The molecule has 0 saturated heterocycles. The molecule has 2 N–H and O–H groups in total. The van der Waals surface area contributed by atoms with Crippen LogP contribution in [-0.4, -0.2) is 40.9 Å². The van der Waals surface area contributed by atoms with E-state index in [0.717, 1.165) is 22.5 Å².